The second kappa shape index (κ2) is 8.86. The largest absolute Gasteiger partial charge is 0.352 e. The van der Waals surface area contributed by atoms with Crippen molar-refractivity contribution in [3.8, 4) is 0 Å². The van der Waals surface area contributed by atoms with E-state index in [4.69, 9.17) is 5.73 Å². The minimum absolute atomic E-state index is 0. The molecule has 1 aromatic heterocycles. The van der Waals surface area contributed by atoms with Gasteiger partial charge in [0.05, 0.1) is 5.92 Å². The van der Waals surface area contributed by atoms with Crippen molar-refractivity contribution in [1.29, 1.82) is 0 Å². The Balaban J connectivity index is 0.00000132. The van der Waals surface area contributed by atoms with Gasteiger partial charge in [0.1, 0.15) is 0 Å². The maximum atomic E-state index is 12.6. The predicted molar refractivity (Wildman–Crippen MR) is 97.1 cm³/mol. The number of fused-ring (bicyclic) bond motifs is 2. The van der Waals surface area contributed by atoms with E-state index >= 15 is 0 Å². The van der Waals surface area contributed by atoms with Crippen LogP contribution in [0.3, 0.4) is 0 Å². The predicted octanol–water partition coefficient (Wildman–Crippen LogP) is 3.05. The highest BCUT2D eigenvalue weighted by atomic mass is 35.5. The SMILES string of the molecule is CC(C(=O)NC1C2CCCC1CC(N)C2)c1cccnc1.Cl.Cl. The minimum Gasteiger partial charge on any atom is -0.352 e. The Bertz CT molecular complexity index is 486. The van der Waals surface area contributed by atoms with Crippen LogP contribution in [0.15, 0.2) is 24.5 Å². The summed E-state index contributed by atoms with van der Waals surface area (Å²) in [5.41, 5.74) is 7.13. The fourth-order valence-electron chi connectivity index (χ4n) is 4.10. The zero-order chi connectivity index (χ0) is 14.8. The van der Waals surface area contributed by atoms with Gasteiger partial charge in [0.25, 0.3) is 0 Å². The molecule has 0 aliphatic heterocycles. The third-order valence-corrected chi connectivity index (χ3v) is 5.26. The van der Waals surface area contributed by atoms with Gasteiger partial charge >= 0.3 is 0 Å². The molecular weight excluding hydrogens is 333 g/mol. The molecule has 2 aliphatic carbocycles. The Morgan fingerprint density at radius 2 is 1.96 bits per heavy atom. The van der Waals surface area contributed by atoms with Crippen LogP contribution < -0.4 is 11.1 Å². The molecule has 130 valence electrons. The van der Waals surface area contributed by atoms with E-state index in [0.29, 0.717) is 23.9 Å². The number of rotatable bonds is 3. The van der Waals surface area contributed by atoms with Crippen LogP contribution in [0, 0.1) is 11.8 Å². The van der Waals surface area contributed by atoms with E-state index in [2.05, 4.69) is 10.3 Å². The molecule has 1 amide bonds. The van der Waals surface area contributed by atoms with Crippen molar-refractivity contribution in [2.75, 3.05) is 0 Å². The quantitative estimate of drug-likeness (QED) is 0.871. The highest BCUT2D eigenvalue weighted by Gasteiger charge is 2.40. The number of aromatic nitrogens is 1. The average Bonchev–Trinajstić information content (AvgIpc) is 2.48. The molecule has 1 heterocycles. The van der Waals surface area contributed by atoms with Gasteiger partial charge < -0.3 is 11.1 Å². The molecule has 3 N–H and O–H groups in total. The number of amides is 1. The van der Waals surface area contributed by atoms with Crippen molar-refractivity contribution in [3.05, 3.63) is 30.1 Å². The third-order valence-electron chi connectivity index (χ3n) is 5.26. The standard InChI is InChI=1S/C17H25N3O.2ClH/c1-11(14-6-3-7-19-10-14)17(21)20-16-12-4-2-5-13(16)9-15(18)8-12;;/h3,6-7,10-13,15-16H,2,4-5,8-9,18H2,1H3,(H,20,21);2*1H. The molecule has 0 spiro atoms. The fraction of sp³-hybridized carbons (Fsp3) is 0.647. The van der Waals surface area contributed by atoms with Crippen LogP contribution in [0.5, 0.6) is 0 Å². The molecule has 3 rings (SSSR count). The summed E-state index contributed by atoms with van der Waals surface area (Å²) in [5.74, 6) is 1.12. The summed E-state index contributed by atoms with van der Waals surface area (Å²) in [5, 5.41) is 3.32. The van der Waals surface area contributed by atoms with Crippen molar-refractivity contribution in [3.63, 3.8) is 0 Å². The number of nitrogens with two attached hydrogens (primary N) is 1. The maximum Gasteiger partial charge on any atom is 0.227 e. The lowest BCUT2D eigenvalue weighted by molar-refractivity contribution is -0.124. The summed E-state index contributed by atoms with van der Waals surface area (Å²) in [6.45, 7) is 1.96. The molecule has 2 bridgehead atoms. The number of pyridine rings is 1. The first-order valence-electron chi connectivity index (χ1n) is 8.11. The summed E-state index contributed by atoms with van der Waals surface area (Å²) in [7, 11) is 0. The maximum absolute atomic E-state index is 12.6. The van der Waals surface area contributed by atoms with Crippen LogP contribution in [0.2, 0.25) is 0 Å². The van der Waals surface area contributed by atoms with E-state index in [1.165, 1.54) is 19.3 Å². The Hall–Kier alpha value is -0.840. The van der Waals surface area contributed by atoms with E-state index in [1.54, 1.807) is 12.4 Å². The lowest BCUT2D eigenvalue weighted by Crippen LogP contribution is -2.54. The summed E-state index contributed by atoms with van der Waals surface area (Å²) < 4.78 is 0. The number of carbonyl (C=O) groups is 1. The van der Waals surface area contributed by atoms with E-state index in [0.717, 1.165) is 18.4 Å². The van der Waals surface area contributed by atoms with Crippen LogP contribution in [0.25, 0.3) is 0 Å². The van der Waals surface area contributed by atoms with Crippen LogP contribution in [0.4, 0.5) is 0 Å². The van der Waals surface area contributed by atoms with Gasteiger partial charge in [-0.05, 0) is 56.1 Å². The van der Waals surface area contributed by atoms with Crippen LogP contribution in [0.1, 0.15) is 50.5 Å². The Labute approximate surface area is 150 Å². The summed E-state index contributed by atoms with van der Waals surface area (Å²) in [4.78, 5) is 16.7. The second-order valence-electron chi connectivity index (χ2n) is 6.72. The van der Waals surface area contributed by atoms with Crippen LogP contribution in [-0.2, 0) is 4.79 Å². The topological polar surface area (TPSA) is 68.0 Å². The van der Waals surface area contributed by atoms with Crippen molar-refractivity contribution in [1.82, 2.24) is 10.3 Å². The normalized spacial score (nSPS) is 30.3. The van der Waals surface area contributed by atoms with Crippen molar-refractivity contribution in [2.45, 2.75) is 57.0 Å². The zero-order valence-corrected chi connectivity index (χ0v) is 15.1. The van der Waals surface area contributed by atoms with E-state index in [9.17, 15) is 4.79 Å². The lowest BCUT2D eigenvalue weighted by atomic mass is 9.67. The summed E-state index contributed by atoms with van der Waals surface area (Å²) >= 11 is 0. The minimum atomic E-state index is -0.143. The lowest BCUT2D eigenvalue weighted by Gasteiger charge is -2.45. The summed E-state index contributed by atoms with van der Waals surface area (Å²) in [6.07, 6.45) is 9.33. The molecule has 6 heteroatoms. The van der Waals surface area contributed by atoms with Gasteiger partial charge in [-0.1, -0.05) is 12.5 Å². The number of nitrogens with one attached hydrogen (secondary N) is 1. The molecule has 23 heavy (non-hydrogen) atoms. The number of carbonyl (C=O) groups excluding carboxylic acids is 1. The molecule has 0 aromatic carbocycles. The van der Waals surface area contributed by atoms with Crippen molar-refractivity contribution in [2.24, 2.45) is 17.6 Å². The van der Waals surface area contributed by atoms with Gasteiger partial charge in [-0.25, -0.2) is 0 Å². The number of hydrogen-bond acceptors (Lipinski definition) is 3. The Morgan fingerprint density at radius 1 is 1.30 bits per heavy atom. The summed E-state index contributed by atoms with van der Waals surface area (Å²) in [6, 6.07) is 4.50. The smallest absolute Gasteiger partial charge is 0.227 e. The van der Waals surface area contributed by atoms with E-state index < -0.39 is 0 Å². The second-order valence-corrected chi connectivity index (χ2v) is 6.72. The molecule has 2 fully saturated rings. The molecule has 0 saturated heterocycles. The Kier molecular flexibility index (Phi) is 7.78. The van der Waals surface area contributed by atoms with Gasteiger partial charge in [-0.15, -0.1) is 24.8 Å². The first-order valence-corrected chi connectivity index (χ1v) is 8.11. The van der Waals surface area contributed by atoms with E-state index in [1.807, 2.05) is 19.1 Å². The van der Waals surface area contributed by atoms with Crippen molar-refractivity contribution < 1.29 is 4.79 Å². The van der Waals surface area contributed by atoms with Gasteiger partial charge in [-0.2, -0.15) is 0 Å². The van der Waals surface area contributed by atoms with Gasteiger partial charge in [0, 0.05) is 24.5 Å². The molecule has 1 aromatic rings. The van der Waals surface area contributed by atoms with Crippen LogP contribution >= 0.6 is 24.8 Å². The number of halogens is 2. The molecule has 3 unspecified atom stereocenters. The number of hydrogen-bond donors (Lipinski definition) is 2. The molecule has 2 saturated carbocycles. The van der Waals surface area contributed by atoms with Crippen LogP contribution in [-0.4, -0.2) is 23.0 Å². The third kappa shape index (κ3) is 4.59. The highest BCUT2D eigenvalue weighted by molar-refractivity contribution is 5.85. The first-order chi connectivity index (χ1) is 10.1. The van der Waals surface area contributed by atoms with Gasteiger partial charge in [-0.3, -0.25) is 9.78 Å². The van der Waals surface area contributed by atoms with E-state index in [-0.39, 0.29) is 36.6 Å². The molecule has 0 radical (unpaired) electrons. The first kappa shape index (κ1) is 20.2. The molecule has 4 nitrogen and oxygen atoms in total. The monoisotopic (exact) mass is 359 g/mol. The van der Waals surface area contributed by atoms with Crippen molar-refractivity contribution >= 4 is 30.7 Å². The zero-order valence-electron chi connectivity index (χ0n) is 13.5. The average molecular weight is 360 g/mol. The Morgan fingerprint density at radius 3 is 2.52 bits per heavy atom. The van der Waals surface area contributed by atoms with Gasteiger partial charge in [0.15, 0.2) is 0 Å². The molecule has 2 aliphatic rings. The van der Waals surface area contributed by atoms with Gasteiger partial charge in [0.2, 0.25) is 5.91 Å². The number of nitrogens with zero attached hydrogens (tertiary/aromatic N) is 1. The molecule has 3 atom stereocenters. The molecular formula is C17H27Cl2N3O. The fourth-order valence-corrected chi connectivity index (χ4v) is 4.10. The highest BCUT2D eigenvalue weighted by Crippen LogP contribution is 2.39.